The molecule has 2 aliphatic heterocycles. The lowest BCUT2D eigenvalue weighted by atomic mass is 10.1. The highest BCUT2D eigenvalue weighted by Crippen LogP contribution is 2.12. The van der Waals surface area contributed by atoms with Crippen LogP contribution in [0.4, 0.5) is 4.79 Å². The number of carbonyl (C=O) groups excluding carboxylic acids is 3. The molecule has 0 bridgehead atoms. The zero-order valence-electron chi connectivity index (χ0n) is 9.94. The van der Waals surface area contributed by atoms with Crippen LogP contribution in [-0.2, 0) is 9.59 Å². The molecular formula is C11H17N3O3. The van der Waals surface area contributed by atoms with E-state index in [0.29, 0.717) is 6.54 Å². The molecule has 0 spiro atoms. The maximum atomic E-state index is 11.4. The van der Waals surface area contributed by atoms with Crippen LogP contribution >= 0.6 is 0 Å². The minimum absolute atomic E-state index is 0.189. The molecule has 94 valence electrons. The molecule has 2 saturated heterocycles. The summed E-state index contributed by atoms with van der Waals surface area (Å²) in [6.07, 6.45) is 2.43. The number of hydrogen-bond donors (Lipinski definition) is 1. The quantitative estimate of drug-likeness (QED) is 0.544. The van der Waals surface area contributed by atoms with Gasteiger partial charge in [-0.1, -0.05) is 6.92 Å². The van der Waals surface area contributed by atoms with E-state index in [1.807, 2.05) is 12.2 Å². The summed E-state index contributed by atoms with van der Waals surface area (Å²) in [5.41, 5.74) is 0. The Morgan fingerprint density at radius 2 is 1.82 bits per heavy atom. The second kappa shape index (κ2) is 4.83. The molecule has 0 saturated carbocycles. The fourth-order valence-corrected chi connectivity index (χ4v) is 2.37. The van der Waals surface area contributed by atoms with Crippen LogP contribution in [-0.4, -0.2) is 53.8 Å². The van der Waals surface area contributed by atoms with Crippen molar-refractivity contribution in [1.29, 1.82) is 0 Å². The van der Waals surface area contributed by atoms with E-state index < -0.39 is 17.8 Å². The molecular weight excluding hydrogens is 222 g/mol. The van der Waals surface area contributed by atoms with Gasteiger partial charge in [-0.3, -0.25) is 19.8 Å². The Kier molecular flexibility index (Phi) is 3.42. The first-order valence-corrected chi connectivity index (χ1v) is 5.97. The van der Waals surface area contributed by atoms with Crippen LogP contribution in [0, 0.1) is 5.92 Å². The molecule has 0 radical (unpaired) electrons. The predicted octanol–water partition coefficient (Wildman–Crippen LogP) is -0.203. The number of hydrogen-bond acceptors (Lipinski definition) is 4. The molecule has 6 heteroatoms. The van der Waals surface area contributed by atoms with Gasteiger partial charge in [-0.05, 0) is 31.8 Å². The molecule has 2 fully saturated rings. The Morgan fingerprint density at radius 3 is 2.35 bits per heavy atom. The van der Waals surface area contributed by atoms with Crippen molar-refractivity contribution >= 4 is 17.8 Å². The molecule has 0 aromatic carbocycles. The Bertz CT molecular complexity index is 350. The highest BCUT2D eigenvalue weighted by atomic mass is 16.2. The van der Waals surface area contributed by atoms with Crippen molar-refractivity contribution in [2.45, 2.75) is 19.8 Å². The van der Waals surface area contributed by atoms with Crippen molar-refractivity contribution in [3.8, 4) is 0 Å². The number of nitrogens with zero attached hydrogens (tertiary/aromatic N) is 2. The van der Waals surface area contributed by atoms with E-state index in [2.05, 4.69) is 4.90 Å². The first-order chi connectivity index (χ1) is 8.08. The number of urea groups is 1. The van der Waals surface area contributed by atoms with Crippen LogP contribution in [0.2, 0.25) is 0 Å². The van der Waals surface area contributed by atoms with Gasteiger partial charge in [-0.15, -0.1) is 0 Å². The Morgan fingerprint density at radius 1 is 1.18 bits per heavy atom. The van der Waals surface area contributed by atoms with Gasteiger partial charge >= 0.3 is 17.8 Å². The maximum absolute atomic E-state index is 11.4. The Balaban J connectivity index is 1.85. The third-order valence-corrected chi connectivity index (χ3v) is 3.17. The lowest BCUT2D eigenvalue weighted by Gasteiger charge is -2.22. The number of rotatable bonds is 4. The van der Waals surface area contributed by atoms with Gasteiger partial charge in [0.15, 0.2) is 0 Å². The van der Waals surface area contributed by atoms with Crippen molar-refractivity contribution in [3.05, 3.63) is 0 Å². The number of imide groups is 2. The van der Waals surface area contributed by atoms with Crippen molar-refractivity contribution < 1.29 is 14.4 Å². The molecule has 0 aliphatic carbocycles. The molecule has 2 heterocycles. The van der Waals surface area contributed by atoms with Gasteiger partial charge < -0.3 is 4.90 Å². The largest absolute Gasteiger partial charge is 0.331 e. The summed E-state index contributed by atoms with van der Waals surface area (Å²) in [5, 5.41) is 2.00. The van der Waals surface area contributed by atoms with E-state index >= 15 is 0 Å². The second-order valence-corrected chi connectivity index (χ2v) is 4.79. The van der Waals surface area contributed by atoms with Crippen molar-refractivity contribution in [3.63, 3.8) is 0 Å². The lowest BCUT2D eigenvalue weighted by Crippen LogP contribution is -2.38. The van der Waals surface area contributed by atoms with E-state index in [-0.39, 0.29) is 5.92 Å². The number of nitrogens with one attached hydrogen (secondary N) is 1. The van der Waals surface area contributed by atoms with Gasteiger partial charge in [0.25, 0.3) is 0 Å². The van der Waals surface area contributed by atoms with Gasteiger partial charge in [-0.25, -0.2) is 4.79 Å². The number of amides is 4. The summed E-state index contributed by atoms with van der Waals surface area (Å²) in [5.74, 6) is -1.36. The second-order valence-electron chi connectivity index (χ2n) is 4.79. The molecule has 2 rings (SSSR count). The minimum atomic E-state index is -0.816. The van der Waals surface area contributed by atoms with E-state index in [0.717, 1.165) is 24.5 Å². The molecule has 1 N–H and O–H groups in total. The number of likely N-dealkylation sites (tertiary alicyclic amines) is 1. The van der Waals surface area contributed by atoms with Gasteiger partial charge in [0.1, 0.15) is 0 Å². The van der Waals surface area contributed by atoms with Crippen molar-refractivity contribution in [2.24, 2.45) is 5.92 Å². The summed E-state index contributed by atoms with van der Waals surface area (Å²) in [6.45, 7) is 5.34. The molecule has 0 aromatic rings. The van der Waals surface area contributed by atoms with Crippen LogP contribution in [0.5, 0.6) is 0 Å². The molecule has 1 atom stereocenters. The summed E-state index contributed by atoms with van der Waals surface area (Å²) in [4.78, 5) is 37.0. The van der Waals surface area contributed by atoms with Crippen LogP contribution in [0.25, 0.3) is 0 Å². The van der Waals surface area contributed by atoms with Crippen molar-refractivity contribution in [1.82, 2.24) is 15.1 Å². The van der Waals surface area contributed by atoms with E-state index in [1.54, 1.807) is 0 Å². The summed E-state index contributed by atoms with van der Waals surface area (Å²) >= 11 is 0. The van der Waals surface area contributed by atoms with Crippen LogP contribution in [0.1, 0.15) is 19.8 Å². The van der Waals surface area contributed by atoms with Gasteiger partial charge in [0, 0.05) is 13.1 Å². The first kappa shape index (κ1) is 12.0. The number of carbonyl (C=O) groups is 3. The van der Waals surface area contributed by atoms with E-state index in [9.17, 15) is 14.4 Å². The zero-order valence-corrected chi connectivity index (χ0v) is 9.94. The van der Waals surface area contributed by atoms with E-state index in [4.69, 9.17) is 0 Å². The smallest absolute Gasteiger partial charge is 0.303 e. The van der Waals surface area contributed by atoms with E-state index in [1.165, 1.54) is 12.8 Å². The maximum Gasteiger partial charge on any atom is 0.331 e. The molecule has 17 heavy (non-hydrogen) atoms. The summed E-state index contributed by atoms with van der Waals surface area (Å²) < 4.78 is 0. The first-order valence-electron chi connectivity index (χ1n) is 5.97. The third-order valence-electron chi connectivity index (χ3n) is 3.17. The normalized spacial score (nSPS) is 23.4. The molecule has 4 amide bonds. The van der Waals surface area contributed by atoms with Crippen molar-refractivity contribution in [2.75, 3.05) is 26.2 Å². The fraction of sp³-hybridized carbons (Fsp3) is 0.727. The Labute approximate surface area is 99.9 Å². The molecule has 6 nitrogen and oxygen atoms in total. The van der Waals surface area contributed by atoms with Gasteiger partial charge in [0.2, 0.25) is 0 Å². The summed E-state index contributed by atoms with van der Waals surface area (Å²) in [6, 6.07) is -0.590. The van der Waals surface area contributed by atoms with Crippen LogP contribution < -0.4 is 5.32 Å². The highest BCUT2D eigenvalue weighted by Gasteiger charge is 2.37. The average Bonchev–Trinajstić information content (AvgIpc) is 2.83. The standard InChI is InChI=1S/C11H17N3O3/c1-8(6-13-4-2-3-5-13)7-14-10(16)9(15)12-11(14)17/h8H,2-7H2,1H3,(H,12,15,17). The topological polar surface area (TPSA) is 69.7 Å². The van der Waals surface area contributed by atoms with Crippen LogP contribution in [0.3, 0.4) is 0 Å². The SMILES string of the molecule is CC(CN1CCCC1)CN1C(=O)NC(=O)C1=O. The lowest BCUT2D eigenvalue weighted by molar-refractivity contribution is -0.140. The van der Waals surface area contributed by atoms with Crippen LogP contribution in [0.15, 0.2) is 0 Å². The Hall–Kier alpha value is -1.43. The molecule has 1 unspecified atom stereocenters. The zero-order chi connectivity index (χ0) is 12.4. The average molecular weight is 239 g/mol. The summed E-state index contributed by atoms with van der Waals surface area (Å²) in [7, 11) is 0. The molecule has 2 aliphatic rings. The predicted molar refractivity (Wildman–Crippen MR) is 60.1 cm³/mol. The molecule has 0 aromatic heterocycles. The van der Waals surface area contributed by atoms with Gasteiger partial charge in [-0.2, -0.15) is 0 Å². The fourth-order valence-electron chi connectivity index (χ4n) is 2.37. The highest BCUT2D eigenvalue weighted by molar-refractivity contribution is 6.44. The monoisotopic (exact) mass is 239 g/mol. The minimum Gasteiger partial charge on any atom is -0.303 e. The van der Waals surface area contributed by atoms with Gasteiger partial charge in [0.05, 0.1) is 0 Å². The third kappa shape index (κ3) is 2.63.